The van der Waals surface area contributed by atoms with Crippen LogP contribution in [0.15, 0.2) is 0 Å². The maximum absolute atomic E-state index is 11.8. The van der Waals surface area contributed by atoms with Crippen LogP contribution in [0.3, 0.4) is 0 Å². The minimum Gasteiger partial charge on any atom is -0.325 e. The fraction of sp³-hybridized carbons (Fsp3) is 1.00. The molecule has 0 amide bonds. The summed E-state index contributed by atoms with van der Waals surface area (Å²) in [6.07, 6.45) is 11.1. The molecule has 112 valence electrons. The Hall–Kier alpha value is -0.0900. The lowest BCUT2D eigenvalue weighted by atomic mass is 9.65. The molecule has 0 aromatic heterocycles. The van der Waals surface area contributed by atoms with Crippen molar-refractivity contribution in [2.45, 2.75) is 75.5 Å². The van der Waals surface area contributed by atoms with Crippen LogP contribution < -0.4 is 5.73 Å². The van der Waals surface area contributed by atoms with Crippen molar-refractivity contribution in [1.82, 2.24) is 0 Å². The molecule has 0 aliphatic heterocycles. The van der Waals surface area contributed by atoms with Gasteiger partial charge >= 0.3 is 0 Å². The van der Waals surface area contributed by atoms with E-state index in [1.165, 1.54) is 25.5 Å². The zero-order valence-corrected chi connectivity index (χ0v) is 13.2. The molecule has 4 heteroatoms. The molecule has 2 aliphatic rings. The van der Waals surface area contributed by atoms with Crippen molar-refractivity contribution in [3.05, 3.63) is 0 Å². The fourth-order valence-electron chi connectivity index (χ4n) is 4.24. The Morgan fingerprint density at radius 3 is 2.58 bits per heavy atom. The average Bonchev–Trinajstić information content (AvgIpc) is 2.38. The first-order valence-electron chi connectivity index (χ1n) is 7.83. The summed E-state index contributed by atoms with van der Waals surface area (Å²) >= 11 is 0. The molecule has 0 aromatic rings. The lowest BCUT2D eigenvalue weighted by Gasteiger charge is -2.46. The summed E-state index contributed by atoms with van der Waals surface area (Å²) in [5, 5.41) is -0.145. The molecule has 4 atom stereocenters. The fourth-order valence-corrected chi connectivity index (χ4v) is 5.41. The zero-order valence-electron chi connectivity index (χ0n) is 12.4. The van der Waals surface area contributed by atoms with Gasteiger partial charge in [-0.3, -0.25) is 0 Å². The number of nitrogens with two attached hydrogens (primary N) is 1. The number of hydrogen-bond donors (Lipinski definition) is 1. The van der Waals surface area contributed by atoms with E-state index < -0.39 is 9.84 Å². The van der Waals surface area contributed by atoms with E-state index in [0.29, 0.717) is 5.92 Å². The molecule has 2 N–H and O–H groups in total. The van der Waals surface area contributed by atoms with Gasteiger partial charge in [0.25, 0.3) is 0 Å². The smallest absolute Gasteiger partial charge is 0.150 e. The van der Waals surface area contributed by atoms with Gasteiger partial charge in [0.05, 0.1) is 5.25 Å². The third-order valence-corrected chi connectivity index (χ3v) is 7.18. The lowest BCUT2D eigenvalue weighted by Crippen LogP contribution is -2.52. The van der Waals surface area contributed by atoms with Gasteiger partial charge in [-0.2, -0.15) is 0 Å². The van der Waals surface area contributed by atoms with Crippen molar-refractivity contribution in [3.8, 4) is 0 Å². The first-order chi connectivity index (χ1) is 8.85. The van der Waals surface area contributed by atoms with Crippen LogP contribution in [-0.4, -0.2) is 25.5 Å². The SMILES string of the molecule is CCC1CCCC(N)(C2CCCC(S(C)(=O)=O)C2)C1. The number of rotatable bonds is 3. The highest BCUT2D eigenvalue weighted by atomic mass is 32.2. The van der Waals surface area contributed by atoms with Crippen molar-refractivity contribution >= 4 is 9.84 Å². The molecule has 2 saturated carbocycles. The van der Waals surface area contributed by atoms with Crippen LogP contribution in [-0.2, 0) is 9.84 Å². The van der Waals surface area contributed by atoms with Crippen molar-refractivity contribution in [2.75, 3.05) is 6.26 Å². The molecule has 0 aromatic carbocycles. The van der Waals surface area contributed by atoms with Crippen LogP contribution in [0.25, 0.3) is 0 Å². The van der Waals surface area contributed by atoms with Crippen molar-refractivity contribution < 1.29 is 8.42 Å². The Kier molecular flexibility index (Phi) is 4.61. The topological polar surface area (TPSA) is 60.2 Å². The second kappa shape index (κ2) is 5.72. The summed E-state index contributed by atoms with van der Waals surface area (Å²) < 4.78 is 23.6. The Balaban J connectivity index is 2.07. The maximum Gasteiger partial charge on any atom is 0.150 e. The van der Waals surface area contributed by atoms with Crippen LogP contribution in [0.2, 0.25) is 0 Å². The first kappa shape index (κ1) is 15.3. The standard InChI is InChI=1S/C15H29NO2S/c1-3-12-6-5-9-15(16,11-12)13-7-4-8-14(10-13)19(2,17)18/h12-14H,3-11,16H2,1-2H3. The molecule has 2 rings (SSSR count). The molecule has 19 heavy (non-hydrogen) atoms. The van der Waals surface area contributed by atoms with Crippen LogP contribution in [0.1, 0.15) is 64.7 Å². The molecule has 2 aliphatic carbocycles. The third-order valence-electron chi connectivity index (χ3n) is 5.55. The molecular formula is C15H29NO2S. The highest BCUT2D eigenvalue weighted by Crippen LogP contribution is 2.43. The molecule has 0 spiro atoms. The second-order valence-electron chi connectivity index (χ2n) is 6.92. The Bertz CT molecular complexity index is 406. The molecule has 4 unspecified atom stereocenters. The molecule has 3 nitrogen and oxygen atoms in total. The van der Waals surface area contributed by atoms with Gasteiger partial charge in [0, 0.05) is 11.8 Å². The molecule has 2 fully saturated rings. The van der Waals surface area contributed by atoms with E-state index in [1.807, 2.05) is 0 Å². The second-order valence-corrected chi connectivity index (χ2v) is 9.24. The summed E-state index contributed by atoms with van der Waals surface area (Å²) in [6.45, 7) is 2.25. The van der Waals surface area contributed by atoms with E-state index in [0.717, 1.165) is 44.4 Å². The van der Waals surface area contributed by atoms with Crippen LogP contribution in [0.4, 0.5) is 0 Å². The minimum absolute atomic E-state index is 0.0950. The van der Waals surface area contributed by atoms with Crippen LogP contribution >= 0.6 is 0 Å². The Morgan fingerprint density at radius 2 is 1.95 bits per heavy atom. The van der Waals surface area contributed by atoms with E-state index in [1.54, 1.807) is 0 Å². The summed E-state index contributed by atoms with van der Waals surface area (Å²) in [5.41, 5.74) is 6.62. The summed E-state index contributed by atoms with van der Waals surface area (Å²) in [4.78, 5) is 0. The monoisotopic (exact) mass is 287 g/mol. The van der Waals surface area contributed by atoms with Gasteiger partial charge in [-0.25, -0.2) is 8.42 Å². The molecular weight excluding hydrogens is 258 g/mol. The summed E-state index contributed by atoms with van der Waals surface area (Å²) in [7, 11) is -2.90. The van der Waals surface area contributed by atoms with Gasteiger partial charge in [-0.05, 0) is 43.9 Å². The van der Waals surface area contributed by atoms with Crippen molar-refractivity contribution in [1.29, 1.82) is 0 Å². The molecule has 0 bridgehead atoms. The van der Waals surface area contributed by atoms with Gasteiger partial charge in [0.2, 0.25) is 0 Å². The highest BCUT2D eigenvalue weighted by Gasteiger charge is 2.42. The quantitative estimate of drug-likeness (QED) is 0.868. The van der Waals surface area contributed by atoms with E-state index in [-0.39, 0.29) is 10.8 Å². The molecule has 0 saturated heterocycles. The number of sulfone groups is 1. The highest BCUT2D eigenvalue weighted by molar-refractivity contribution is 7.91. The Morgan fingerprint density at radius 1 is 1.21 bits per heavy atom. The first-order valence-corrected chi connectivity index (χ1v) is 9.78. The maximum atomic E-state index is 11.8. The molecule has 0 radical (unpaired) electrons. The lowest BCUT2D eigenvalue weighted by molar-refractivity contribution is 0.121. The van der Waals surface area contributed by atoms with Gasteiger partial charge in [-0.15, -0.1) is 0 Å². The van der Waals surface area contributed by atoms with E-state index in [2.05, 4.69) is 6.92 Å². The minimum atomic E-state index is -2.90. The van der Waals surface area contributed by atoms with E-state index >= 15 is 0 Å². The average molecular weight is 287 g/mol. The van der Waals surface area contributed by atoms with Gasteiger partial charge < -0.3 is 5.73 Å². The largest absolute Gasteiger partial charge is 0.325 e. The van der Waals surface area contributed by atoms with Crippen LogP contribution in [0, 0.1) is 11.8 Å². The van der Waals surface area contributed by atoms with Gasteiger partial charge in [0.1, 0.15) is 9.84 Å². The summed E-state index contributed by atoms with van der Waals surface area (Å²) in [6, 6.07) is 0. The third kappa shape index (κ3) is 3.52. The summed E-state index contributed by atoms with van der Waals surface area (Å²) in [5.74, 6) is 1.16. The molecule has 0 heterocycles. The van der Waals surface area contributed by atoms with E-state index in [4.69, 9.17) is 5.73 Å². The van der Waals surface area contributed by atoms with Crippen molar-refractivity contribution in [3.63, 3.8) is 0 Å². The predicted molar refractivity (Wildman–Crippen MR) is 79.8 cm³/mol. The van der Waals surface area contributed by atoms with Crippen molar-refractivity contribution in [2.24, 2.45) is 17.6 Å². The van der Waals surface area contributed by atoms with Gasteiger partial charge in [-0.1, -0.05) is 32.6 Å². The predicted octanol–water partition coefficient (Wildman–Crippen LogP) is 2.89. The normalized spacial score (nSPS) is 41.1. The Labute approximate surface area is 118 Å². The van der Waals surface area contributed by atoms with Gasteiger partial charge in [0.15, 0.2) is 0 Å². The number of hydrogen-bond acceptors (Lipinski definition) is 3. The van der Waals surface area contributed by atoms with E-state index in [9.17, 15) is 8.42 Å². The van der Waals surface area contributed by atoms with Crippen LogP contribution in [0.5, 0.6) is 0 Å². The zero-order chi connectivity index (χ0) is 14.1.